The van der Waals surface area contributed by atoms with Crippen LogP contribution < -0.4 is 11.1 Å². The average Bonchev–Trinajstić information content (AvgIpc) is 2.88. The van der Waals surface area contributed by atoms with Gasteiger partial charge in [-0.1, -0.05) is 5.16 Å². The highest BCUT2D eigenvalue weighted by Crippen LogP contribution is 2.12. The maximum absolute atomic E-state index is 10.9. The van der Waals surface area contributed by atoms with E-state index in [4.69, 9.17) is 10.3 Å². The van der Waals surface area contributed by atoms with Crippen molar-refractivity contribution in [1.29, 1.82) is 0 Å². The minimum Gasteiger partial charge on any atom is -0.352 e. The average molecular weight is 239 g/mol. The van der Waals surface area contributed by atoms with Crippen LogP contribution in [0, 0.1) is 0 Å². The van der Waals surface area contributed by atoms with Gasteiger partial charge in [-0.15, -0.1) is 0 Å². The van der Waals surface area contributed by atoms with E-state index in [2.05, 4.69) is 20.4 Å². The van der Waals surface area contributed by atoms with Gasteiger partial charge in [-0.05, 0) is 6.42 Å². The molecule has 1 fully saturated rings. The minimum absolute atomic E-state index is 0.0156. The Kier molecular flexibility index (Phi) is 3.70. The molecule has 1 aliphatic heterocycles. The van der Waals surface area contributed by atoms with Crippen LogP contribution >= 0.6 is 0 Å². The van der Waals surface area contributed by atoms with Crippen molar-refractivity contribution in [2.75, 3.05) is 13.1 Å². The van der Waals surface area contributed by atoms with E-state index in [0.717, 1.165) is 19.5 Å². The number of likely N-dealkylation sites (tertiary alicyclic amines) is 1. The molecule has 1 aromatic rings. The number of nitrogens with one attached hydrogen (secondary N) is 1. The topological polar surface area (TPSA) is 97.3 Å². The Morgan fingerprint density at radius 3 is 3.18 bits per heavy atom. The van der Waals surface area contributed by atoms with Crippen molar-refractivity contribution < 1.29 is 9.32 Å². The van der Waals surface area contributed by atoms with E-state index >= 15 is 0 Å². The summed E-state index contributed by atoms with van der Waals surface area (Å²) in [6.07, 6.45) is 0.960. The molecule has 0 aliphatic carbocycles. The van der Waals surface area contributed by atoms with Crippen LogP contribution in [-0.2, 0) is 17.9 Å². The van der Waals surface area contributed by atoms with Crippen molar-refractivity contribution in [3.8, 4) is 0 Å². The number of rotatable bonds is 4. The molecule has 2 rings (SSSR count). The normalized spacial score (nSPS) is 20.7. The first-order chi connectivity index (χ1) is 8.17. The molecule has 1 aromatic heterocycles. The SMILES string of the molecule is CC(=O)NC1CCN(Cc2noc(CN)n2)C1. The van der Waals surface area contributed by atoms with Crippen LogP contribution in [0.5, 0.6) is 0 Å². The molecule has 1 aliphatic rings. The maximum atomic E-state index is 10.9. The van der Waals surface area contributed by atoms with Gasteiger partial charge in [0.05, 0.1) is 13.1 Å². The Morgan fingerprint density at radius 1 is 1.71 bits per heavy atom. The highest BCUT2D eigenvalue weighted by atomic mass is 16.5. The predicted molar refractivity (Wildman–Crippen MR) is 59.7 cm³/mol. The van der Waals surface area contributed by atoms with Gasteiger partial charge in [-0.25, -0.2) is 0 Å². The quantitative estimate of drug-likeness (QED) is 0.716. The van der Waals surface area contributed by atoms with E-state index in [-0.39, 0.29) is 18.5 Å². The highest BCUT2D eigenvalue weighted by Gasteiger charge is 2.24. The standard InChI is InChI=1S/C10H17N5O2/c1-7(16)12-8-2-3-15(5-8)6-9-13-10(4-11)17-14-9/h8H,2-6,11H2,1H3,(H,12,16). The molecule has 1 amide bonds. The molecule has 3 N–H and O–H groups in total. The van der Waals surface area contributed by atoms with Crippen LogP contribution in [0.2, 0.25) is 0 Å². The fraction of sp³-hybridized carbons (Fsp3) is 0.700. The second-order valence-corrected chi connectivity index (χ2v) is 4.23. The fourth-order valence-corrected chi connectivity index (χ4v) is 2.02. The third kappa shape index (κ3) is 3.24. The molecular weight excluding hydrogens is 222 g/mol. The van der Waals surface area contributed by atoms with Gasteiger partial charge in [0.1, 0.15) is 0 Å². The lowest BCUT2D eigenvalue weighted by Crippen LogP contribution is -2.35. The Labute approximate surface area is 99.3 Å². The summed E-state index contributed by atoms with van der Waals surface area (Å²) >= 11 is 0. The van der Waals surface area contributed by atoms with E-state index in [1.165, 1.54) is 6.92 Å². The molecule has 2 heterocycles. The highest BCUT2D eigenvalue weighted by molar-refractivity contribution is 5.73. The van der Waals surface area contributed by atoms with Crippen molar-refractivity contribution >= 4 is 5.91 Å². The molecular formula is C10H17N5O2. The summed E-state index contributed by atoms with van der Waals surface area (Å²) in [7, 11) is 0. The zero-order valence-electron chi connectivity index (χ0n) is 9.85. The van der Waals surface area contributed by atoms with Gasteiger partial charge in [0.2, 0.25) is 11.8 Å². The summed E-state index contributed by atoms with van der Waals surface area (Å²) in [6.45, 7) is 4.19. The van der Waals surface area contributed by atoms with Gasteiger partial charge in [0.25, 0.3) is 0 Å². The van der Waals surface area contributed by atoms with E-state index in [1.807, 2.05) is 0 Å². The summed E-state index contributed by atoms with van der Waals surface area (Å²) in [6, 6.07) is 0.230. The second kappa shape index (κ2) is 5.24. The third-order valence-corrected chi connectivity index (χ3v) is 2.73. The molecule has 1 saturated heterocycles. The van der Waals surface area contributed by atoms with Crippen molar-refractivity contribution in [3.63, 3.8) is 0 Å². The van der Waals surface area contributed by atoms with Crippen LogP contribution in [0.1, 0.15) is 25.1 Å². The van der Waals surface area contributed by atoms with Gasteiger partial charge >= 0.3 is 0 Å². The smallest absolute Gasteiger partial charge is 0.240 e. The van der Waals surface area contributed by atoms with Crippen molar-refractivity contribution in [2.24, 2.45) is 5.73 Å². The van der Waals surface area contributed by atoms with Gasteiger partial charge in [-0.3, -0.25) is 9.69 Å². The van der Waals surface area contributed by atoms with Crippen LogP contribution in [0.15, 0.2) is 4.52 Å². The van der Waals surface area contributed by atoms with Gasteiger partial charge in [0.15, 0.2) is 5.82 Å². The Hall–Kier alpha value is -1.47. The minimum atomic E-state index is 0.0156. The molecule has 1 unspecified atom stereocenters. The lowest BCUT2D eigenvalue weighted by Gasteiger charge is -2.13. The largest absolute Gasteiger partial charge is 0.352 e. The molecule has 0 spiro atoms. The first-order valence-electron chi connectivity index (χ1n) is 5.68. The van der Waals surface area contributed by atoms with Crippen LogP contribution in [0.25, 0.3) is 0 Å². The first kappa shape index (κ1) is 12.0. The number of carbonyl (C=O) groups is 1. The number of hydrogen-bond acceptors (Lipinski definition) is 6. The second-order valence-electron chi connectivity index (χ2n) is 4.23. The molecule has 0 bridgehead atoms. The summed E-state index contributed by atoms with van der Waals surface area (Å²) in [5, 5.41) is 6.75. The van der Waals surface area contributed by atoms with Gasteiger partial charge in [0, 0.05) is 26.1 Å². The Bertz CT molecular complexity index is 392. The fourth-order valence-electron chi connectivity index (χ4n) is 2.02. The summed E-state index contributed by atoms with van der Waals surface area (Å²) in [4.78, 5) is 17.3. The summed E-state index contributed by atoms with van der Waals surface area (Å²) < 4.78 is 4.93. The molecule has 94 valence electrons. The summed E-state index contributed by atoms with van der Waals surface area (Å²) in [5.74, 6) is 1.12. The molecule has 0 radical (unpaired) electrons. The molecule has 17 heavy (non-hydrogen) atoms. The number of aromatic nitrogens is 2. The maximum Gasteiger partial charge on any atom is 0.240 e. The van der Waals surface area contributed by atoms with Gasteiger partial charge in [-0.2, -0.15) is 4.98 Å². The predicted octanol–water partition coefficient (Wildman–Crippen LogP) is -0.761. The Balaban J connectivity index is 1.83. The monoisotopic (exact) mass is 239 g/mol. The lowest BCUT2D eigenvalue weighted by atomic mass is 10.3. The molecule has 7 heteroatoms. The molecule has 7 nitrogen and oxygen atoms in total. The number of nitrogens with two attached hydrogens (primary N) is 1. The van der Waals surface area contributed by atoms with Crippen molar-refractivity contribution in [2.45, 2.75) is 32.5 Å². The zero-order valence-corrected chi connectivity index (χ0v) is 9.85. The Morgan fingerprint density at radius 2 is 2.53 bits per heavy atom. The van der Waals surface area contributed by atoms with E-state index in [1.54, 1.807) is 0 Å². The van der Waals surface area contributed by atoms with Gasteiger partial charge < -0.3 is 15.6 Å². The zero-order chi connectivity index (χ0) is 12.3. The van der Waals surface area contributed by atoms with Crippen LogP contribution in [0.4, 0.5) is 0 Å². The van der Waals surface area contributed by atoms with Crippen LogP contribution in [-0.4, -0.2) is 40.1 Å². The number of nitrogens with zero attached hydrogens (tertiary/aromatic N) is 3. The number of carbonyl (C=O) groups excluding carboxylic acids is 1. The molecule has 0 saturated carbocycles. The third-order valence-electron chi connectivity index (χ3n) is 2.73. The number of hydrogen-bond donors (Lipinski definition) is 2. The molecule has 0 aromatic carbocycles. The van der Waals surface area contributed by atoms with Crippen molar-refractivity contribution in [3.05, 3.63) is 11.7 Å². The first-order valence-corrected chi connectivity index (χ1v) is 5.68. The van der Waals surface area contributed by atoms with Crippen molar-refractivity contribution in [1.82, 2.24) is 20.4 Å². The van der Waals surface area contributed by atoms with E-state index in [0.29, 0.717) is 18.3 Å². The van der Waals surface area contributed by atoms with E-state index in [9.17, 15) is 4.79 Å². The van der Waals surface area contributed by atoms with E-state index < -0.39 is 0 Å². The summed E-state index contributed by atoms with van der Waals surface area (Å²) in [5.41, 5.74) is 5.39. The van der Waals surface area contributed by atoms with Crippen LogP contribution in [0.3, 0.4) is 0 Å². The lowest BCUT2D eigenvalue weighted by molar-refractivity contribution is -0.119. The number of amides is 1. The molecule has 1 atom stereocenters.